The molecule has 0 bridgehead atoms. The van der Waals surface area contributed by atoms with Crippen LogP contribution in [0.1, 0.15) is 12.5 Å². The normalized spacial score (nSPS) is 12.2. The van der Waals surface area contributed by atoms with Crippen molar-refractivity contribution in [2.45, 2.75) is 18.7 Å². The van der Waals surface area contributed by atoms with Crippen molar-refractivity contribution in [2.75, 3.05) is 11.5 Å². The third-order valence-electron chi connectivity index (χ3n) is 2.29. The van der Waals surface area contributed by atoms with Gasteiger partial charge in [0.1, 0.15) is 0 Å². The zero-order valence-electron chi connectivity index (χ0n) is 9.49. The van der Waals surface area contributed by atoms with Crippen molar-refractivity contribution < 1.29 is 4.79 Å². The Kier molecular flexibility index (Phi) is 4.64. The van der Waals surface area contributed by atoms with Gasteiger partial charge in [0.25, 0.3) is 0 Å². The largest absolute Gasteiger partial charge is 0.399 e. The van der Waals surface area contributed by atoms with E-state index in [1.165, 1.54) is 5.56 Å². The van der Waals surface area contributed by atoms with Gasteiger partial charge in [-0.3, -0.25) is 10.2 Å². The molecule has 0 spiro atoms. The fourth-order valence-corrected chi connectivity index (χ4v) is 2.30. The van der Waals surface area contributed by atoms with Crippen LogP contribution in [-0.2, 0) is 4.79 Å². The minimum absolute atomic E-state index is 0.115. The van der Waals surface area contributed by atoms with E-state index in [1.807, 2.05) is 32.0 Å². The van der Waals surface area contributed by atoms with E-state index in [9.17, 15) is 4.79 Å². The number of rotatable bonds is 4. The Morgan fingerprint density at radius 2 is 2.25 bits per heavy atom. The van der Waals surface area contributed by atoms with Crippen molar-refractivity contribution in [1.82, 2.24) is 5.43 Å². The first kappa shape index (κ1) is 12.9. The van der Waals surface area contributed by atoms with E-state index in [0.29, 0.717) is 5.75 Å². The van der Waals surface area contributed by atoms with Gasteiger partial charge in [0.05, 0.1) is 0 Å². The minimum atomic E-state index is -0.144. The number of carbonyl (C=O) groups excluding carboxylic acids is 1. The molecule has 0 fully saturated rings. The summed E-state index contributed by atoms with van der Waals surface area (Å²) in [5.74, 6) is 5.50. The Labute approximate surface area is 99.7 Å². The van der Waals surface area contributed by atoms with Gasteiger partial charge in [-0.15, -0.1) is 11.8 Å². The smallest absolute Gasteiger partial charge is 0.237 e. The Balaban J connectivity index is 2.60. The number of nitrogen functional groups attached to an aromatic ring is 1. The molecule has 0 aromatic heterocycles. The van der Waals surface area contributed by atoms with E-state index in [-0.39, 0.29) is 11.8 Å². The van der Waals surface area contributed by atoms with Gasteiger partial charge in [-0.2, -0.15) is 0 Å². The highest BCUT2D eigenvalue weighted by atomic mass is 32.2. The number of hydrazine groups is 1. The van der Waals surface area contributed by atoms with Crippen molar-refractivity contribution in [2.24, 2.45) is 11.8 Å². The maximum atomic E-state index is 11.2. The van der Waals surface area contributed by atoms with Gasteiger partial charge in [-0.25, -0.2) is 5.84 Å². The maximum absolute atomic E-state index is 11.2. The highest BCUT2D eigenvalue weighted by molar-refractivity contribution is 7.99. The van der Waals surface area contributed by atoms with Crippen LogP contribution in [0.15, 0.2) is 23.1 Å². The van der Waals surface area contributed by atoms with E-state index in [4.69, 9.17) is 11.6 Å². The van der Waals surface area contributed by atoms with Crippen LogP contribution in [0.3, 0.4) is 0 Å². The van der Waals surface area contributed by atoms with Crippen LogP contribution in [0.4, 0.5) is 5.69 Å². The van der Waals surface area contributed by atoms with Gasteiger partial charge in [0.2, 0.25) is 5.91 Å². The summed E-state index contributed by atoms with van der Waals surface area (Å²) in [5.41, 5.74) is 9.76. The highest BCUT2D eigenvalue weighted by Crippen LogP contribution is 2.26. The van der Waals surface area contributed by atoms with Gasteiger partial charge in [-0.1, -0.05) is 13.0 Å². The number of hydrogen-bond donors (Lipinski definition) is 3. The molecular formula is C11H17N3OS. The van der Waals surface area contributed by atoms with Crippen LogP contribution in [0.5, 0.6) is 0 Å². The summed E-state index contributed by atoms with van der Waals surface area (Å²) < 4.78 is 0. The lowest BCUT2D eigenvalue weighted by molar-refractivity contribution is -0.123. The molecule has 1 aromatic rings. The number of carbonyl (C=O) groups is 1. The molecule has 0 aliphatic carbocycles. The summed E-state index contributed by atoms with van der Waals surface area (Å²) in [6.07, 6.45) is 0. The average Bonchev–Trinajstić information content (AvgIpc) is 2.28. The molecule has 0 heterocycles. The second-order valence-corrected chi connectivity index (χ2v) is 4.81. The van der Waals surface area contributed by atoms with Gasteiger partial charge in [0.15, 0.2) is 0 Å². The number of nitrogens with one attached hydrogen (secondary N) is 1. The number of hydrogen-bond acceptors (Lipinski definition) is 4. The second kappa shape index (κ2) is 5.77. The number of nitrogens with two attached hydrogens (primary N) is 2. The SMILES string of the molecule is Cc1ccc(N)cc1SCC(C)C(=O)NN. The molecule has 1 rings (SSSR count). The maximum Gasteiger partial charge on any atom is 0.237 e. The fourth-order valence-electron chi connectivity index (χ4n) is 1.20. The van der Waals surface area contributed by atoms with Crippen LogP contribution in [0.25, 0.3) is 0 Å². The number of aryl methyl sites for hydroxylation is 1. The molecule has 88 valence electrons. The highest BCUT2D eigenvalue weighted by Gasteiger charge is 2.12. The molecule has 0 saturated heterocycles. The van der Waals surface area contributed by atoms with E-state index < -0.39 is 0 Å². The Bertz CT molecular complexity index is 381. The number of anilines is 1. The zero-order valence-corrected chi connectivity index (χ0v) is 10.3. The van der Waals surface area contributed by atoms with E-state index >= 15 is 0 Å². The molecule has 0 aliphatic heterocycles. The number of thioether (sulfide) groups is 1. The summed E-state index contributed by atoms with van der Waals surface area (Å²) in [7, 11) is 0. The Morgan fingerprint density at radius 3 is 2.88 bits per heavy atom. The molecule has 1 aromatic carbocycles. The monoisotopic (exact) mass is 239 g/mol. The summed E-state index contributed by atoms with van der Waals surface area (Å²) in [6.45, 7) is 3.87. The van der Waals surface area contributed by atoms with Crippen LogP contribution >= 0.6 is 11.8 Å². The van der Waals surface area contributed by atoms with Crippen molar-refractivity contribution in [3.63, 3.8) is 0 Å². The summed E-state index contributed by atoms with van der Waals surface area (Å²) in [5, 5.41) is 0. The molecular weight excluding hydrogens is 222 g/mol. The van der Waals surface area contributed by atoms with Crippen molar-refractivity contribution >= 4 is 23.4 Å². The first-order chi connectivity index (χ1) is 7.54. The molecule has 0 saturated carbocycles. The standard InChI is InChI=1S/C11H17N3OS/c1-7-3-4-9(12)5-10(7)16-6-8(2)11(15)14-13/h3-5,8H,6,12-13H2,1-2H3,(H,14,15). The Hall–Kier alpha value is -1.20. The molecule has 4 nitrogen and oxygen atoms in total. The molecule has 1 atom stereocenters. The molecule has 5 heteroatoms. The van der Waals surface area contributed by atoms with E-state index in [1.54, 1.807) is 11.8 Å². The predicted octanol–water partition coefficient (Wildman–Crippen LogP) is 1.30. The third kappa shape index (κ3) is 3.43. The number of amides is 1. The van der Waals surface area contributed by atoms with Crippen molar-refractivity contribution in [3.8, 4) is 0 Å². The molecule has 5 N–H and O–H groups in total. The molecule has 16 heavy (non-hydrogen) atoms. The van der Waals surface area contributed by atoms with Gasteiger partial charge in [0, 0.05) is 22.3 Å². The minimum Gasteiger partial charge on any atom is -0.399 e. The Morgan fingerprint density at radius 1 is 1.56 bits per heavy atom. The van der Waals surface area contributed by atoms with Crippen molar-refractivity contribution in [1.29, 1.82) is 0 Å². The first-order valence-corrected chi connectivity index (χ1v) is 6.02. The average molecular weight is 239 g/mol. The zero-order chi connectivity index (χ0) is 12.1. The summed E-state index contributed by atoms with van der Waals surface area (Å²) >= 11 is 1.62. The molecule has 1 unspecified atom stereocenters. The molecule has 0 radical (unpaired) electrons. The lowest BCUT2D eigenvalue weighted by Gasteiger charge is -2.11. The second-order valence-electron chi connectivity index (χ2n) is 3.75. The topological polar surface area (TPSA) is 81.1 Å². The lowest BCUT2D eigenvalue weighted by atomic mass is 10.2. The predicted molar refractivity (Wildman–Crippen MR) is 67.8 cm³/mol. The summed E-state index contributed by atoms with van der Waals surface area (Å²) in [6, 6.07) is 5.77. The lowest BCUT2D eigenvalue weighted by Crippen LogP contribution is -2.35. The quantitative estimate of drug-likeness (QED) is 0.243. The van der Waals surface area contributed by atoms with Crippen LogP contribution in [-0.4, -0.2) is 11.7 Å². The third-order valence-corrected chi connectivity index (χ3v) is 3.71. The summed E-state index contributed by atoms with van der Waals surface area (Å²) in [4.78, 5) is 12.3. The van der Waals surface area contributed by atoms with Gasteiger partial charge >= 0.3 is 0 Å². The fraction of sp³-hybridized carbons (Fsp3) is 0.364. The van der Waals surface area contributed by atoms with Gasteiger partial charge < -0.3 is 5.73 Å². The van der Waals surface area contributed by atoms with Crippen LogP contribution in [0, 0.1) is 12.8 Å². The number of benzene rings is 1. The molecule has 1 amide bonds. The molecule has 0 aliphatic rings. The first-order valence-electron chi connectivity index (χ1n) is 5.04. The van der Waals surface area contributed by atoms with Gasteiger partial charge in [-0.05, 0) is 24.6 Å². The van der Waals surface area contributed by atoms with E-state index in [0.717, 1.165) is 10.6 Å². The van der Waals surface area contributed by atoms with Crippen LogP contribution in [0.2, 0.25) is 0 Å². The van der Waals surface area contributed by atoms with Crippen molar-refractivity contribution in [3.05, 3.63) is 23.8 Å². The van der Waals surface area contributed by atoms with Crippen LogP contribution < -0.4 is 17.0 Å². The van der Waals surface area contributed by atoms with E-state index in [2.05, 4.69) is 5.43 Å².